The second-order valence-electron chi connectivity index (χ2n) is 7.47. The van der Waals surface area contributed by atoms with Crippen molar-refractivity contribution in [1.82, 2.24) is 40.2 Å². The van der Waals surface area contributed by atoms with E-state index in [0.29, 0.717) is 22.6 Å². The molecular formula is C19H21N9O3. The Morgan fingerprint density at radius 2 is 2.03 bits per heavy atom. The highest BCUT2D eigenvalue weighted by molar-refractivity contribution is 6.10. The van der Waals surface area contributed by atoms with E-state index in [2.05, 4.69) is 31.3 Å². The van der Waals surface area contributed by atoms with E-state index in [1.807, 2.05) is 6.92 Å². The van der Waals surface area contributed by atoms with E-state index < -0.39 is 29.9 Å². The van der Waals surface area contributed by atoms with Gasteiger partial charge in [0.1, 0.15) is 18.4 Å². The number of hydrogen-bond donors (Lipinski definition) is 2. The van der Waals surface area contributed by atoms with Gasteiger partial charge in [-0.05, 0) is 48.9 Å². The molecule has 1 unspecified atom stereocenters. The summed E-state index contributed by atoms with van der Waals surface area (Å²) in [4.78, 5) is 39.2. The Morgan fingerprint density at radius 3 is 2.68 bits per heavy atom. The van der Waals surface area contributed by atoms with Crippen molar-refractivity contribution in [3.63, 3.8) is 0 Å². The predicted molar refractivity (Wildman–Crippen MR) is 108 cm³/mol. The lowest BCUT2D eigenvalue weighted by atomic mass is 9.91. The van der Waals surface area contributed by atoms with Crippen LogP contribution in [0, 0.1) is 13.8 Å². The summed E-state index contributed by atoms with van der Waals surface area (Å²) in [5.74, 6) is -1.02. The van der Waals surface area contributed by atoms with E-state index in [4.69, 9.17) is 0 Å². The molecule has 0 bridgehead atoms. The largest absolute Gasteiger partial charge is 0.325 e. The minimum atomic E-state index is -1.33. The number of aryl methyl sites for hydroxylation is 2. The summed E-state index contributed by atoms with van der Waals surface area (Å²) in [6.45, 7) is 4.77. The van der Waals surface area contributed by atoms with Gasteiger partial charge in [0, 0.05) is 7.05 Å². The van der Waals surface area contributed by atoms with Crippen LogP contribution in [-0.4, -0.2) is 59.3 Å². The van der Waals surface area contributed by atoms with Crippen LogP contribution in [0.1, 0.15) is 23.9 Å². The van der Waals surface area contributed by atoms with Crippen LogP contribution >= 0.6 is 0 Å². The molecule has 12 nitrogen and oxygen atoms in total. The fourth-order valence-electron chi connectivity index (χ4n) is 3.55. The Bertz CT molecular complexity index is 1180. The second-order valence-corrected chi connectivity index (χ2v) is 7.47. The van der Waals surface area contributed by atoms with Gasteiger partial charge >= 0.3 is 6.03 Å². The predicted octanol–water partition coefficient (Wildman–Crippen LogP) is 0.418. The van der Waals surface area contributed by atoms with Gasteiger partial charge in [-0.3, -0.25) is 19.2 Å². The van der Waals surface area contributed by atoms with E-state index in [-0.39, 0.29) is 0 Å². The molecule has 1 aromatic carbocycles. The highest BCUT2D eigenvalue weighted by Crippen LogP contribution is 2.30. The van der Waals surface area contributed by atoms with E-state index in [0.717, 1.165) is 10.6 Å². The van der Waals surface area contributed by atoms with Crippen molar-refractivity contribution in [2.45, 2.75) is 26.3 Å². The zero-order chi connectivity index (χ0) is 22.3. The zero-order valence-corrected chi connectivity index (χ0v) is 17.4. The van der Waals surface area contributed by atoms with Crippen LogP contribution in [0.4, 0.5) is 10.5 Å². The number of nitrogens with one attached hydrogen (secondary N) is 2. The molecule has 12 heteroatoms. The van der Waals surface area contributed by atoms with Crippen molar-refractivity contribution in [1.29, 1.82) is 0 Å². The Kier molecular flexibility index (Phi) is 4.76. The topological polar surface area (TPSA) is 140 Å². The first-order valence-corrected chi connectivity index (χ1v) is 9.49. The third kappa shape index (κ3) is 3.41. The van der Waals surface area contributed by atoms with Crippen LogP contribution in [-0.2, 0) is 22.2 Å². The molecule has 160 valence electrons. The molecule has 1 saturated heterocycles. The van der Waals surface area contributed by atoms with Crippen LogP contribution in [0.25, 0.3) is 5.69 Å². The zero-order valence-electron chi connectivity index (χ0n) is 17.4. The lowest BCUT2D eigenvalue weighted by Crippen LogP contribution is -2.42. The minimum Gasteiger partial charge on any atom is -0.321 e. The summed E-state index contributed by atoms with van der Waals surface area (Å²) >= 11 is 0. The van der Waals surface area contributed by atoms with Gasteiger partial charge in [0.2, 0.25) is 5.91 Å². The van der Waals surface area contributed by atoms with Gasteiger partial charge in [-0.2, -0.15) is 5.10 Å². The lowest BCUT2D eigenvalue weighted by Gasteiger charge is -2.22. The highest BCUT2D eigenvalue weighted by atomic mass is 16.2. The van der Waals surface area contributed by atoms with Crippen LogP contribution in [0.5, 0.6) is 0 Å². The smallest absolute Gasteiger partial charge is 0.321 e. The Balaban J connectivity index is 1.55. The molecule has 1 aliphatic heterocycles. The van der Waals surface area contributed by atoms with Gasteiger partial charge in [-0.1, -0.05) is 12.1 Å². The normalized spacial score (nSPS) is 18.4. The summed E-state index contributed by atoms with van der Waals surface area (Å²) in [5.41, 5.74) is 1.82. The van der Waals surface area contributed by atoms with Gasteiger partial charge < -0.3 is 10.6 Å². The number of benzene rings is 1. The van der Waals surface area contributed by atoms with Crippen LogP contribution < -0.4 is 10.6 Å². The summed E-state index contributed by atoms with van der Waals surface area (Å²) in [6.07, 6.45) is 1.43. The van der Waals surface area contributed by atoms with Gasteiger partial charge in [-0.25, -0.2) is 9.48 Å². The Labute approximate surface area is 177 Å². The second kappa shape index (κ2) is 7.31. The number of hydrogen-bond acceptors (Lipinski definition) is 7. The number of carbonyl (C=O) groups is 3. The highest BCUT2D eigenvalue weighted by Gasteiger charge is 2.49. The molecule has 4 amide bonds. The van der Waals surface area contributed by atoms with Gasteiger partial charge in [0.15, 0.2) is 0 Å². The summed E-state index contributed by atoms with van der Waals surface area (Å²) in [5, 5.41) is 20.7. The molecule has 3 heterocycles. The molecule has 4 rings (SSSR count). The van der Waals surface area contributed by atoms with Crippen molar-refractivity contribution < 1.29 is 14.4 Å². The molecule has 2 aromatic heterocycles. The number of anilines is 1. The van der Waals surface area contributed by atoms with Gasteiger partial charge in [-0.15, -0.1) is 5.10 Å². The molecule has 31 heavy (non-hydrogen) atoms. The maximum Gasteiger partial charge on any atom is 0.325 e. The van der Waals surface area contributed by atoms with Crippen molar-refractivity contribution >= 4 is 23.5 Å². The number of aromatic nitrogens is 6. The average Bonchev–Trinajstić information content (AvgIpc) is 3.41. The number of rotatable bonds is 5. The molecule has 1 atom stereocenters. The SMILES string of the molecule is Cc1nn(C)c(C)c1NC(=O)CN1C(=O)NC(C)(c2cccc(-n3cnnn3)c2)C1=O. The molecule has 1 aliphatic rings. The Hall–Kier alpha value is -4.09. The van der Waals surface area contributed by atoms with E-state index in [9.17, 15) is 14.4 Å². The first kappa shape index (κ1) is 20.2. The number of imide groups is 1. The maximum absolute atomic E-state index is 13.2. The molecule has 1 fully saturated rings. The fourth-order valence-corrected chi connectivity index (χ4v) is 3.55. The monoisotopic (exact) mass is 423 g/mol. The average molecular weight is 423 g/mol. The van der Waals surface area contributed by atoms with Gasteiger partial charge in [0.05, 0.1) is 22.8 Å². The third-order valence-electron chi connectivity index (χ3n) is 5.39. The number of carbonyl (C=O) groups excluding carboxylic acids is 3. The molecule has 0 aliphatic carbocycles. The summed E-state index contributed by atoms with van der Waals surface area (Å²) in [6, 6.07) is 6.29. The minimum absolute atomic E-state index is 0.416. The first-order valence-electron chi connectivity index (χ1n) is 9.49. The van der Waals surface area contributed by atoms with E-state index >= 15 is 0 Å². The van der Waals surface area contributed by atoms with Crippen molar-refractivity contribution in [3.8, 4) is 5.69 Å². The molecular weight excluding hydrogens is 402 g/mol. The van der Waals surface area contributed by atoms with E-state index in [1.54, 1.807) is 49.8 Å². The quantitative estimate of drug-likeness (QED) is 0.567. The van der Waals surface area contributed by atoms with Crippen molar-refractivity contribution in [2.24, 2.45) is 7.05 Å². The summed E-state index contributed by atoms with van der Waals surface area (Å²) < 4.78 is 3.09. The third-order valence-corrected chi connectivity index (χ3v) is 5.39. The van der Waals surface area contributed by atoms with Crippen molar-refractivity contribution in [2.75, 3.05) is 11.9 Å². The number of nitrogens with zero attached hydrogens (tertiary/aromatic N) is 7. The van der Waals surface area contributed by atoms with E-state index in [1.165, 1.54) is 11.0 Å². The maximum atomic E-state index is 13.2. The molecule has 0 saturated carbocycles. The Morgan fingerprint density at radius 1 is 1.26 bits per heavy atom. The molecule has 3 aromatic rings. The van der Waals surface area contributed by atoms with Gasteiger partial charge in [0.25, 0.3) is 5.91 Å². The van der Waals surface area contributed by atoms with Crippen LogP contribution in [0.3, 0.4) is 0 Å². The number of tetrazole rings is 1. The molecule has 0 spiro atoms. The fraction of sp³-hybridized carbons (Fsp3) is 0.316. The number of urea groups is 1. The van der Waals surface area contributed by atoms with Crippen molar-refractivity contribution in [3.05, 3.63) is 47.5 Å². The van der Waals surface area contributed by atoms with Crippen LogP contribution in [0.2, 0.25) is 0 Å². The lowest BCUT2D eigenvalue weighted by molar-refractivity contribution is -0.133. The summed E-state index contributed by atoms with van der Waals surface area (Å²) in [7, 11) is 1.77. The number of amides is 4. The first-order chi connectivity index (χ1) is 14.7. The molecule has 0 radical (unpaired) electrons. The van der Waals surface area contributed by atoms with Crippen LogP contribution in [0.15, 0.2) is 30.6 Å². The standard InChI is InChI=1S/C19H21N9O3/c1-11-16(12(2)26(4)23-11)21-15(29)9-27-17(30)19(3,22-18(27)31)13-6-5-7-14(8-13)28-10-20-24-25-28/h5-8,10H,9H2,1-4H3,(H,21,29)(H,22,31). The molecule has 2 N–H and O–H groups in total.